The SMILES string of the molecule is COC(=O)c1c(CN)cc(=O)[nH]c1C(F)F. The minimum atomic E-state index is -2.98. The summed E-state index contributed by atoms with van der Waals surface area (Å²) in [6.07, 6.45) is -2.98. The van der Waals surface area contributed by atoms with Crippen molar-refractivity contribution in [2.75, 3.05) is 7.11 Å². The second-order valence-electron chi connectivity index (χ2n) is 2.94. The number of alkyl halides is 2. The van der Waals surface area contributed by atoms with Gasteiger partial charge >= 0.3 is 5.97 Å². The van der Waals surface area contributed by atoms with Crippen LogP contribution in [0.4, 0.5) is 8.78 Å². The van der Waals surface area contributed by atoms with Crippen LogP contribution < -0.4 is 11.3 Å². The number of methoxy groups -OCH3 is 1. The average molecular weight is 232 g/mol. The third-order valence-electron chi connectivity index (χ3n) is 1.98. The Bertz CT molecular complexity index is 457. The normalized spacial score (nSPS) is 10.6. The fraction of sp³-hybridized carbons (Fsp3) is 0.333. The standard InChI is InChI=1S/C9H10F2N2O3/c1-16-9(15)6-4(3-12)2-5(14)13-7(6)8(10)11/h2,8H,3,12H2,1H3,(H,13,14). The van der Waals surface area contributed by atoms with E-state index in [2.05, 4.69) is 4.74 Å². The van der Waals surface area contributed by atoms with E-state index in [0.717, 1.165) is 13.2 Å². The Kier molecular flexibility index (Phi) is 3.73. The van der Waals surface area contributed by atoms with Crippen LogP contribution in [0.25, 0.3) is 0 Å². The highest BCUT2D eigenvalue weighted by atomic mass is 19.3. The van der Waals surface area contributed by atoms with Crippen LogP contribution in [0.2, 0.25) is 0 Å². The number of aromatic amines is 1. The van der Waals surface area contributed by atoms with Gasteiger partial charge in [-0.05, 0) is 5.56 Å². The number of carbonyl (C=O) groups excluding carboxylic acids is 1. The second kappa shape index (κ2) is 4.84. The van der Waals surface area contributed by atoms with Crippen LogP contribution in [0.15, 0.2) is 10.9 Å². The number of ether oxygens (including phenoxy) is 1. The predicted octanol–water partition coefficient (Wildman–Crippen LogP) is 0.558. The molecule has 0 fully saturated rings. The maximum Gasteiger partial charge on any atom is 0.340 e. The van der Waals surface area contributed by atoms with Gasteiger partial charge in [-0.3, -0.25) is 4.79 Å². The van der Waals surface area contributed by atoms with E-state index in [1.54, 1.807) is 0 Å². The van der Waals surface area contributed by atoms with Crippen molar-refractivity contribution >= 4 is 5.97 Å². The zero-order chi connectivity index (χ0) is 12.3. The van der Waals surface area contributed by atoms with Gasteiger partial charge in [0, 0.05) is 12.6 Å². The highest BCUT2D eigenvalue weighted by molar-refractivity contribution is 5.92. The molecule has 0 aliphatic heterocycles. The summed E-state index contributed by atoms with van der Waals surface area (Å²) in [5.74, 6) is -0.952. The largest absolute Gasteiger partial charge is 0.465 e. The van der Waals surface area contributed by atoms with E-state index in [-0.39, 0.29) is 17.7 Å². The van der Waals surface area contributed by atoms with Crippen LogP contribution in [0.1, 0.15) is 28.0 Å². The van der Waals surface area contributed by atoms with Gasteiger partial charge in [0.15, 0.2) is 0 Å². The van der Waals surface area contributed by atoms with Crippen LogP contribution in [-0.2, 0) is 11.3 Å². The van der Waals surface area contributed by atoms with Gasteiger partial charge in [-0.2, -0.15) is 0 Å². The van der Waals surface area contributed by atoms with Crippen molar-refractivity contribution in [3.63, 3.8) is 0 Å². The van der Waals surface area contributed by atoms with Crippen LogP contribution in [-0.4, -0.2) is 18.1 Å². The van der Waals surface area contributed by atoms with Crippen molar-refractivity contribution in [3.8, 4) is 0 Å². The van der Waals surface area contributed by atoms with E-state index in [1.165, 1.54) is 0 Å². The van der Waals surface area contributed by atoms with Gasteiger partial charge in [0.25, 0.3) is 6.43 Å². The average Bonchev–Trinajstić information content (AvgIpc) is 2.26. The molecule has 0 aliphatic carbocycles. The molecule has 0 unspecified atom stereocenters. The quantitative estimate of drug-likeness (QED) is 0.745. The number of hydrogen-bond acceptors (Lipinski definition) is 4. The smallest absolute Gasteiger partial charge is 0.340 e. The zero-order valence-corrected chi connectivity index (χ0v) is 8.42. The Hall–Kier alpha value is -1.76. The number of nitrogens with two attached hydrogens (primary N) is 1. The molecule has 5 nitrogen and oxygen atoms in total. The summed E-state index contributed by atoms with van der Waals surface area (Å²) in [7, 11) is 1.06. The van der Waals surface area contributed by atoms with Gasteiger partial charge in [0.2, 0.25) is 5.56 Å². The number of nitrogens with one attached hydrogen (secondary N) is 1. The van der Waals surface area contributed by atoms with E-state index in [9.17, 15) is 18.4 Å². The predicted molar refractivity (Wildman–Crippen MR) is 51.3 cm³/mol. The number of hydrogen-bond donors (Lipinski definition) is 2. The van der Waals surface area contributed by atoms with E-state index in [1.807, 2.05) is 4.98 Å². The molecule has 3 N–H and O–H groups in total. The summed E-state index contributed by atoms with van der Waals surface area (Å²) >= 11 is 0. The molecule has 7 heteroatoms. The molecule has 1 rings (SSSR count). The third kappa shape index (κ3) is 2.25. The van der Waals surface area contributed by atoms with E-state index in [4.69, 9.17) is 5.73 Å². The molecule has 0 amide bonds. The maximum atomic E-state index is 12.6. The molecule has 0 atom stereocenters. The van der Waals surface area contributed by atoms with Crippen molar-refractivity contribution < 1.29 is 18.3 Å². The Morgan fingerprint density at radius 2 is 2.25 bits per heavy atom. The minimum absolute atomic E-state index is 0.0332. The summed E-state index contributed by atoms with van der Waals surface area (Å²) < 4.78 is 29.6. The molecule has 88 valence electrons. The molecule has 0 aliphatic rings. The van der Waals surface area contributed by atoms with Gasteiger partial charge in [-0.15, -0.1) is 0 Å². The molecule has 1 aromatic rings. The highest BCUT2D eigenvalue weighted by Crippen LogP contribution is 2.22. The molecular formula is C9H10F2N2O3. The maximum absolute atomic E-state index is 12.6. The number of rotatable bonds is 3. The molecule has 16 heavy (non-hydrogen) atoms. The van der Waals surface area contributed by atoms with Gasteiger partial charge < -0.3 is 15.5 Å². The fourth-order valence-electron chi connectivity index (χ4n) is 1.30. The third-order valence-corrected chi connectivity index (χ3v) is 1.98. The van der Waals surface area contributed by atoms with Crippen LogP contribution in [0.3, 0.4) is 0 Å². The van der Waals surface area contributed by atoms with E-state index in [0.29, 0.717) is 0 Å². The molecule has 0 saturated carbocycles. The summed E-state index contributed by atoms with van der Waals surface area (Å²) in [6, 6.07) is 0.998. The number of pyridine rings is 1. The molecule has 0 aromatic carbocycles. The molecule has 1 aromatic heterocycles. The van der Waals surface area contributed by atoms with Gasteiger partial charge in [0.1, 0.15) is 0 Å². The molecule has 0 saturated heterocycles. The summed E-state index contributed by atoms with van der Waals surface area (Å²) in [4.78, 5) is 24.2. The lowest BCUT2D eigenvalue weighted by Crippen LogP contribution is -2.20. The van der Waals surface area contributed by atoms with Crippen molar-refractivity contribution in [3.05, 3.63) is 33.2 Å². The van der Waals surface area contributed by atoms with Crippen molar-refractivity contribution in [1.29, 1.82) is 0 Å². The Balaban J connectivity index is 3.51. The van der Waals surface area contributed by atoms with Crippen molar-refractivity contribution in [1.82, 2.24) is 4.98 Å². The second-order valence-corrected chi connectivity index (χ2v) is 2.94. The van der Waals surface area contributed by atoms with Gasteiger partial charge in [-0.25, -0.2) is 13.6 Å². The fourth-order valence-corrected chi connectivity index (χ4v) is 1.30. The summed E-state index contributed by atoms with van der Waals surface area (Å²) in [5, 5.41) is 0. The topological polar surface area (TPSA) is 85.2 Å². The van der Waals surface area contributed by atoms with Gasteiger partial charge in [-0.1, -0.05) is 0 Å². The first kappa shape index (κ1) is 12.3. The molecule has 1 heterocycles. The number of halogens is 2. The number of esters is 1. The first-order valence-corrected chi connectivity index (χ1v) is 4.33. The summed E-state index contributed by atoms with van der Waals surface area (Å²) in [6.45, 7) is -0.200. The molecule has 0 radical (unpaired) electrons. The Labute approximate surface area is 89.2 Å². The van der Waals surface area contributed by atoms with Crippen molar-refractivity contribution in [2.45, 2.75) is 13.0 Å². The number of carbonyl (C=O) groups is 1. The minimum Gasteiger partial charge on any atom is -0.465 e. The summed E-state index contributed by atoms with van der Waals surface area (Å²) in [5.41, 5.74) is 3.44. The van der Waals surface area contributed by atoms with Crippen LogP contribution in [0, 0.1) is 0 Å². The van der Waals surface area contributed by atoms with Gasteiger partial charge in [0.05, 0.1) is 18.4 Å². The lowest BCUT2D eigenvalue weighted by molar-refractivity contribution is 0.0585. The van der Waals surface area contributed by atoms with Crippen LogP contribution in [0.5, 0.6) is 0 Å². The van der Waals surface area contributed by atoms with Crippen molar-refractivity contribution in [2.24, 2.45) is 5.73 Å². The first-order valence-electron chi connectivity index (χ1n) is 4.33. The molecule has 0 bridgehead atoms. The van der Waals surface area contributed by atoms with E-state index >= 15 is 0 Å². The number of H-pyrrole nitrogens is 1. The highest BCUT2D eigenvalue weighted by Gasteiger charge is 2.23. The van der Waals surface area contributed by atoms with Crippen LogP contribution >= 0.6 is 0 Å². The Morgan fingerprint density at radius 3 is 2.69 bits per heavy atom. The first-order chi connectivity index (χ1) is 7.51. The Morgan fingerprint density at radius 1 is 1.62 bits per heavy atom. The number of aromatic nitrogens is 1. The van der Waals surface area contributed by atoms with E-state index < -0.39 is 23.6 Å². The lowest BCUT2D eigenvalue weighted by atomic mass is 10.1. The zero-order valence-electron chi connectivity index (χ0n) is 8.42. The molecule has 0 spiro atoms. The monoisotopic (exact) mass is 232 g/mol. The lowest BCUT2D eigenvalue weighted by Gasteiger charge is -2.10. The molecular weight excluding hydrogens is 222 g/mol.